The molecule has 3 amide bonds. The second kappa shape index (κ2) is 7.82. The Morgan fingerprint density at radius 2 is 1.68 bits per heavy atom. The number of benzene rings is 2. The van der Waals surface area contributed by atoms with Gasteiger partial charge in [0.05, 0.1) is 4.92 Å². The summed E-state index contributed by atoms with van der Waals surface area (Å²) in [5, 5.41) is 15.9. The molecule has 2 rings (SSSR count). The van der Waals surface area contributed by atoms with Gasteiger partial charge in [-0.25, -0.2) is 4.79 Å². The number of anilines is 1. The van der Waals surface area contributed by atoms with Crippen molar-refractivity contribution in [1.82, 2.24) is 5.32 Å². The lowest BCUT2D eigenvalue weighted by Crippen LogP contribution is -2.40. The molecule has 0 aromatic heterocycles. The number of carbonyl (C=O) groups is 2. The van der Waals surface area contributed by atoms with Crippen LogP contribution >= 0.6 is 23.2 Å². The lowest BCUT2D eigenvalue weighted by Gasteiger charge is -2.18. The Kier molecular flexibility index (Phi) is 5.79. The highest BCUT2D eigenvalue weighted by atomic mass is 35.5. The van der Waals surface area contributed by atoms with Crippen LogP contribution in [0.2, 0.25) is 10.0 Å². The molecule has 0 bridgehead atoms. The van der Waals surface area contributed by atoms with E-state index in [0.717, 1.165) is 0 Å². The summed E-state index contributed by atoms with van der Waals surface area (Å²) in [5.74, 6) is -0.896. The summed E-state index contributed by atoms with van der Waals surface area (Å²) in [7, 11) is 0. The number of rotatable bonds is 5. The van der Waals surface area contributed by atoms with E-state index in [4.69, 9.17) is 28.9 Å². The third-order valence-electron chi connectivity index (χ3n) is 3.20. The van der Waals surface area contributed by atoms with Crippen LogP contribution in [-0.2, 0) is 4.79 Å². The Morgan fingerprint density at radius 1 is 1.08 bits per heavy atom. The van der Waals surface area contributed by atoms with Gasteiger partial charge in [-0.3, -0.25) is 14.9 Å². The summed E-state index contributed by atoms with van der Waals surface area (Å²) in [5.41, 5.74) is 5.11. The predicted molar refractivity (Wildman–Crippen MR) is 93.6 cm³/mol. The van der Waals surface area contributed by atoms with Crippen LogP contribution in [-0.4, -0.2) is 16.9 Å². The molecule has 2 aromatic carbocycles. The van der Waals surface area contributed by atoms with Crippen molar-refractivity contribution in [2.45, 2.75) is 6.04 Å². The number of carbonyl (C=O) groups excluding carboxylic acids is 2. The van der Waals surface area contributed by atoms with Crippen LogP contribution in [0.3, 0.4) is 0 Å². The molecule has 0 spiro atoms. The largest absolute Gasteiger partial charge is 0.368 e. The average Bonchev–Trinajstić information content (AvgIpc) is 2.53. The first kappa shape index (κ1) is 18.5. The molecule has 0 radical (unpaired) electrons. The maximum Gasteiger partial charge on any atom is 0.320 e. The van der Waals surface area contributed by atoms with Gasteiger partial charge in [0.25, 0.3) is 5.69 Å². The van der Waals surface area contributed by atoms with Gasteiger partial charge in [-0.1, -0.05) is 41.4 Å². The molecule has 130 valence electrons. The van der Waals surface area contributed by atoms with Crippen molar-refractivity contribution in [2.75, 3.05) is 5.32 Å². The van der Waals surface area contributed by atoms with Crippen LogP contribution in [0, 0.1) is 10.1 Å². The number of halogens is 2. The van der Waals surface area contributed by atoms with Crippen LogP contribution in [0.4, 0.5) is 16.2 Å². The van der Waals surface area contributed by atoms with Crippen LogP contribution in [0.1, 0.15) is 11.6 Å². The Balaban J connectivity index is 2.26. The van der Waals surface area contributed by atoms with Gasteiger partial charge in [-0.15, -0.1) is 0 Å². The quantitative estimate of drug-likeness (QED) is 0.541. The molecule has 0 fully saturated rings. The van der Waals surface area contributed by atoms with Crippen LogP contribution < -0.4 is 16.4 Å². The van der Waals surface area contributed by atoms with Gasteiger partial charge in [0.1, 0.15) is 11.7 Å². The van der Waals surface area contributed by atoms with E-state index in [2.05, 4.69) is 10.6 Å². The number of amides is 3. The predicted octanol–water partition coefficient (Wildman–Crippen LogP) is 3.25. The number of primary amides is 1. The molecule has 0 heterocycles. The Labute approximate surface area is 152 Å². The molecule has 2 aromatic rings. The molecule has 1 unspecified atom stereocenters. The monoisotopic (exact) mass is 382 g/mol. The fraction of sp³-hybridized carbons (Fsp3) is 0.0667. The van der Waals surface area contributed by atoms with Gasteiger partial charge < -0.3 is 16.4 Å². The SMILES string of the molecule is NC(=O)C(NC(=O)Nc1ccccc1[N+](=O)[O-])c1c(Cl)cccc1Cl. The second-order valence-corrected chi connectivity index (χ2v) is 5.66. The zero-order valence-corrected chi connectivity index (χ0v) is 14.0. The lowest BCUT2D eigenvalue weighted by molar-refractivity contribution is -0.383. The van der Waals surface area contributed by atoms with Gasteiger partial charge >= 0.3 is 6.03 Å². The van der Waals surface area contributed by atoms with Crippen LogP contribution in [0.25, 0.3) is 0 Å². The molecule has 0 aliphatic heterocycles. The molecule has 8 nitrogen and oxygen atoms in total. The number of nitrogens with zero attached hydrogens (tertiary/aromatic N) is 1. The number of nitrogens with two attached hydrogens (primary N) is 1. The average molecular weight is 383 g/mol. The van der Waals surface area contributed by atoms with E-state index < -0.39 is 22.9 Å². The van der Waals surface area contributed by atoms with E-state index in [0.29, 0.717) is 0 Å². The molecule has 25 heavy (non-hydrogen) atoms. The van der Waals surface area contributed by atoms with Gasteiger partial charge in [0, 0.05) is 21.7 Å². The van der Waals surface area contributed by atoms with Crippen molar-refractivity contribution >= 4 is 46.5 Å². The minimum atomic E-state index is -1.32. The van der Waals surface area contributed by atoms with E-state index in [1.165, 1.54) is 36.4 Å². The molecule has 10 heteroatoms. The molecule has 0 aliphatic carbocycles. The van der Waals surface area contributed by atoms with Crippen molar-refractivity contribution in [3.8, 4) is 0 Å². The molecular weight excluding hydrogens is 371 g/mol. The highest BCUT2D eigenvalue weighted by Gasteiger charge is 2.26. The normalized spacial score (nSPS) is 11.4. The topological polar surface area (TPSA) is 127 Å². The highest BCUT2D eigenvalue weighted by Crippen LogP contribution is 2.30. The van der Waals surface area contributed by atoms with Crippen molar-refractivity contribution < 1.29 is 14.5 Å². The summed E-state index contributed by atoms with van der Waals surface area (Å²) in [6, 6.07) is 7.89. The number of nitro groups is 1. The highest BCUT2D eigenvalue weighted by molar-refractivity contribution is 6.36. The smallest absolute Gasteiger partial charge is 0.320 e. The number of nitro benzene ring substituents is 1. The van der Waals surface area contributed by atoms with Gasteiger partial charge in [0.15, 0.2) is 0 Å². The maximum atomic E-state index is 12.2. The van der Waals surface area contributed by atoms with Gasteiger partial charge in [0.2, 0.25) is 5.91 Å². The summed E-state index contributed by atoms with van der Waals surface area (Å²) >= 11 is 12.1. The van der Waals surface area contributed by atoms with E-state index in [1.54, 1.807) is 6.07 Å². The minimum Gasteiger partial charge on any atom is -0.368 e. The van der Waals surface area contributed by atoms with Crippen molar-refractivity contribution in [3.05, 3.63) is 68.2 Å². The number of para-hydroxylation sites is 2. The fourth-order valence-electron chi connectivity index (χ4n) is 2.10. The Bertz CT molecular complexity index is 824. The van der Waals surface area contributed by atoms with E-state index in [-0.39, 0.29) is 27.0 Å². The van der Waals surface area contributed by atoms with Crippen molar-refractivity contribution in [1.29, 1.82) is 0 Å². The number of nitrogens with one attached hydrogen (secondary N) is 2. The lowest BCUT2D eigenvalue weighted by atomic mass is 10.1. The molecule has 1 atom stereocenters. The van der Waals surface area contributed by atoms with Crippen molar-refractivity contribution in [2.24, 2.45) is 5.73 Å². The third-order valence-corrected chi connectivity index (χ3v) is 3.86. The molecule has 0 saturated carbocycles. The number of urea groups is 1. The molecule has 4 N–H and O–H groups in total. The minimum absolute atomic E-state index is 0.0431. The second-order valence-electron chi connectivity index (χ2n) is 4.84. The first-order valence-electron chi connectivity index (χ1n) is 6.85. The zero-order chi connectivity index (χ0) is 18.6. The summed E-state index contributed by atoms with van der Waals surface area (Å²) in [4.78, 5) is 34.2. The van der Waals surface area contributed by atoms with Gasteiger partial charge in [-0.2, -0.15) is 0 Å². The fourth-order valence-corrected chi connectivity index (χ4v) is 2.72. The molecule has 0 aliphatic rings. The molecule has 0 saturated heterocycles. The summed E-state index contributed by atoms with van der Waals surface area (Å²) in [6.07, 6.45) is 0. The Hall–Kier alpha value is -2.84. The van der Waals surface area contributed by atoms with Gasteiger partial charge in [-0.05, 0) is 18.2 Å². The van der Waals surface area contributed by atoms with E-state index in [9.17, 15) is 19.7 Å². The standard InChI is InChI=1S/C15H12Cl2N4O4/c16-8-4-3-5-9(17)12(8)13(14(18)22)20-15(23)19-10-6-1-2-7-11(10)21(24)25/h1-7,13H,(H2,18,22)(H2,19,20,23). The van der Waals surface area contributed by atoms with E-state index in [1.807, 2.05) is 0 Å². The van der Waals surface area contributed by atoms with E-state index >= 15 is 0 Å². The summed E-state index contributed by atoms with van der Waals surface area (Å²) < 4.78 is 0. The summed E-state index contributed by atoms with van der Waals surface area (Å²) in [6.45, 7) is 0. The first-order chi connectivity index (χ1) is 11.8. The Morgan fingerprint density at radius 3 is 2.24 bits per heavy atom. The number of hydrogen-bond donors (Lipinski definition) is 3. The van der Waals surface area contributed by atoms with Crippen LogP contribution in [0.15, 0.2) is 42.5 Å². The first-order valence-corrected chi connectivity index (χ1v) is 7.61. The number of hydrogen-bond acceptors (Lipinski definition) is 4. The van der Waals surface area contributed by atoms with Crippen LogP contribution in [0.5, 0.6) is 0 Å². The van der Waals surface area contributed by atoms with Crippen molar-refractivity contribution in [3.63, 3.8) is 0 Å². The zero-order valence-electron chi connectivity index (χ0n) is 12.5. The third kappa shape index (κ3) is 4.37. The maximum absolute atomic E-state index is 12.2. The molecular formula is C15H12Cl2N4O4.